The van der Waals surface area contributed by atoms with E-state index in [0.29, 0.717) is 16.0 Å². The average Bonchev–Trinajstić information content (AvgIpc) is 3.16. The number of halogens is 3. The number of aromatic nitrogens is 2. The van der Waals surface area contributed by atoms with Crippen molar-refractivity contribution in [3.63, 3.8) is 0 Å². The lowest BCUT2D eigenvalue weighted by atomic mass is 10.1. The number of hydrogen-bond acceptors (Lipinski definition) is 7. The fourth-order valence-corrected chi connectivity index (χ4v) is 3.92. The highest BCUT2D eigenvalue weighted by molar-refractivity contribution is 7.17. The fraction of sp³-hybridized carbons (Fsp3) is 0.278. The maximum Gasteiger partial charge on any atom is 0.433 e. The Bertz CT molecular complexity index is 1170. The molecular weight excluding hydrogens is 423 g/mol. The maximum absolute atomic E-state index is 13.1. The third-order valence-electron chi connectivity index (χ3n) is 4.21. The highest BCUT2D eigenvalue weighted by Gasteiger charge is 2.33. The molecule has 1 aromatic carbocycles. The molecular formula is C18H14F3N5O3S. The molecule has 0 spiro atoms. The second kappa shape index (κ2) is 8.17. The van der Waals surface area contributed by atoms with Gasteiger partial charge in [0.05, 0.1) is 26.0 Å². The SMILES string of the molecule is COC(=O)c1sc(-c2ccc(OC)c3nc(C(F)(F)F)ccc23)nc1C(C)N=[N+]=[N-]. The number of carbonyl (C=O) groups is 1. The van der Waals surface area contributed by atoms with E-state index in [-0.39, 0.29) is 21.8 Å². The first-order valence-corrected chi connectivity index (χ1v) is 9.21. The van der Waals surface area contributed by atoms with E-state index in [1.54, 1.807) is 13.0 Å². The van der Waals surface area contributed by atoms with Gasteiger partial charge in [0.15, 0.2) is 0 Å². The average molecular weight is 437 g/mol. The van der Waals surface area contributed by atoms with E-state index in [2.05, 4.69) is 20.0 Å². The van der Waals surface area contributed by atoms with Gasteiger partial charge in [-0.2, -0.15) is 13.2 Å². The summed E-state index contributed by atoms with van der Waals surface area (Å²) >= 11 is 0.978. The Balaban J connectivity index is 2.26. The van der Waals surface area contributed by atoms with Crippen LogP contribution in [0.1, 0.15) is 34.0 Å². The van der Waals surface area contributed by atoms with Crippen molar-refractivity contribution in [2.75, 3.05) is 14.2 Å². The summed E-state index contributed by atoms with van der Waals surface area (Å²) in [6, 6.07) is 4.47. The Labute approximate surface area is 171 Å². The maximum atomic E-state index is 13.1. The van der Waals surface area contributed by atoms with Gasteiger partial charge in [0.25, 0.3) is 0 Å². The van der Waals surface area contributed by atoms with Crippen molar-refractivity contribution >= 4 is 28.2 Å². The van der Waals surface area contributed by atoms with Crippen LogP contribution >= 0.6 is 11.3 Å². The molecule has 156 valence electrons. The number of fused-ring (bicyclic) bond motifs is 1. The molecule has 0 saturated carbocycles. The molecule has 1 atom stereocenters. The number of benzene rings is 1. The third-order valence-corrected chi connectivity index (χ3v) is 5.29. The predicted octanol–water partition coefficient (Wildman–Crippen LogP) is 5.54. The van der Waals surface area contributed by atoms with Crippen molar-refractivity contribution in [1.29, 1.82) is 0 Å². The van der Waals surface area contributed by atoms with Crippen molar-refractivity contribution in [2.24, 2.45) is 5.11 Å². The molecule has 1 unspecified atom stereocenters. The summed E-state index contributed by atoms with van der Waals surface area (Å²) in [4.78, 5) is 23.2. The van der Waals surface area contributed by atoms with Crippen molar-refractivity contribution in [2.45, 2.75) is 19.1 Å². The van der Waals surface area contributed by atoms with Crippen LogP contribution in [0.2, 0.25) is 0 Å². The Morgan fingerprint density at radius 2 is 1.97 bits per heavy atom. The fourth-order valence-electron chi connectivity index (χ4n) is 2.80. The van der Waals surface area contributed by atoms with Crippen LogP contribution < -0.4 is 4.74 Å². The molecule has 2 aromatic heterocycles. The molecule has 12 heteroatoms. The van der Waals surface area contributed by atoms with E-state index in [0.717, 1.165) is 17.4 Å². The van der Waals surface area contributed by atoms with Gasteiger partial charge in [-0.1, -0.05) is 12.0 Å². The monoisotopic (exact) mass is 437 g/mol. The van der Waals surface area contributed by atoms with Gasteiger partial charge in [0, 0.05) is 15.9 Å². The van der Waals surface area contributed by atoms with Crippen molar-refractivity contribution in [1.82, 2.24) is 9.97 Å². The van der Waals surface area contributed by atoms with Gasteiger partial charge in [0.2, 0.25) is 0 Å². The third kappa shape index (κ3) is 3.87. The molecule has 8 nitrogen and oxygen atoms in total. The van der Waals surface area contributed by atoms with E-state index >= 15 is 0 Å². The molecule has 0 N–H and O–H groups in total. The standard InChI is InChI=1S/C18H14F3N5O3S/c1-8(25-26-22)13-15(17(27)29-3)30-16(24-13)10-4-6-11(28-2)14-9(10)5-7-12(23-14)18(19,20)21/h4-8H,1-3H3. The summed E-state index contributed by atoms with van der Waals surface area (Å²) in [5, 5.41) is 4.26. The second-order valence-corrected chi connectivity index (χ2v) is 7.01. The summed E-state index contributed by atoms with van der Waals surface area (Å²) in [5.74, 6) is -0.503. The molecule has 0 aliphatic rings. The Morgan fingerprint density at radius 3 is 2.57 bits per heavy atom. The number of azide groups is 1. The number of methoxy groups -OCH3 is 2. The topological polar surface area (TPSA) is 110 Å². The molecule has 2 heterocycles. The molecule has 3 rings (SSSR count). The van der Waals surface area contributed by atoms with E-state index in [1.165, 1.54) is 26.4 Å². The Hall–Kier alpha value is -3.37. The van der Waals surface area contributed by atoms with Gasteiger partial charge >= 0.3 is 12.1 Å². The summed E-state index contributed by atoms with van der Waals surface area (Å²) in [6.45, 7) is 1.56. The van der Waals surface area contributed by atoms with Crippen LogP contribution in [0.4, 0.5) is 13.2 Å². The minimum Gasteiger partial charge on any atom is -0.494 e. The lowest BCUT2D eigenvalue weighted by molar-refractivity contribution is -0.140. The summed E-state index contributed by atoms with van der Waals surface area (Å²) in [6.07, 6.45) is -4.62. The quantitative estimate of drug-likeness (QED) is 0.225. The molecule has 0 bridgehead atoms. The molecule has 0 amide bonds. The highest BCUT2D eigenvalue weighted by Crippen LogP contribution is 2.39. The first-order valence-electron chi connectivity index (χ1n) is 8.39. The van der Waals surface area contributed by atoms with Gasteiger partial charge in [-0.3, -0.25) is 0 Å². The van der Waals surface area contributed by atoms with Gasteiger partial charge in [-0.15, -0.1) is 11.3 Å². The zero-order valence-corrected chi connectivity index (χ0v) is 16.7. The smallest absolute Gasteiger partial charge is 0.433 e. The highest BCUT2D eigenvalue weighted by atomic mass is 32.1. The van der Waals surface area contributed by atoms with Crippen LogP contribution in [0.25, 0.3) is 31.9 Å². The Morgan fingerprint density at radius 1 is 1.23 bits per heavy atom. The number of thiazole rings is 1. The number of carbonyl (C=O) groups excluding carboxylic acids is 1. The first kappa shape index (κ1) is 21.3. The summed E-state index contributed by atoms with van der Waals surface area (Å²) < 4.78 is 49.3. The zero-order chi connectivity index (χ0) is 22.1. The Kier molecular flexibility index (Phi) is 5.81. The number of esters is 1. The number of ether oxygens (including phenoxy) is 2. The number of alkyl halides is 3. The van der Waals surface area contributed by atoms with Gasteiger partial charge in [-0.25, -0.2) is 14.8 Å². The van der Waals surface area contributed by atoms with Crippen molar-refractivity contribution in [3.8, 4) is 16.3 Å². The van der Waals surface area contributed by atoms with Gasteiger partial charge in [0.1, 0.15) is 26.8 Å². The molecule has 3 aromatic rings. The minimum absolute atomic E-state index is 0.00397. The van der Waals surface area contributed by atoms with Crippen LogP contribution in [0.15, 0.2) is 29.4 Å². The number of nitrogens with zero attached hydrogens (tertiary/aromatic N) is 5. The van der Waals surface area contributed by atoms with E-state index in [4.69, 9.17) is 15.0 Å². The normalized spacial score (nSPS) is 12.3. The molecule has 0 fully saturated rings. The lowest BCUT2D eigenvalue weighted by Crippen LogP contribution is -2.08. The molecule has 0 radical (unpaired) electrons. The number of pyridine rings is 1. The van der Waals surface area contributed by atoms with E-state index < -0.39 is 23.9 Å². The van der Waals surface area contributed by atoms with Crippen LogP contribution in [0, 0.1) is 0 Å². The molecule has 0 saturated heterocycles. The molecule has 0 aliphatic heterocycles. The van der Waals surface area contributed by atoms with Gasteiger partial charge < -0.3 is 9.47 Å². The first-order chi connectivity index (χ1) is 14.2. The van der Waals surface area contributed by atoms with Crippen LogP contribution in [-0.4, -0.2) is 30.2 Å². The van der Waals surface area contributed by atoms with Crippen LogP contribution in [-0.2, 0) is 10.9 Å². The summed E-state index contributed by atoms with van der Waals surface area (Å²) in [5.41, 5.74) is 8.31. The zero-order valence-electron chi connectivity index (χ0n) is 15.9. The van der Waals surface area contributed by atoms with Crippen molar-refractivity contribution < 1.29 is 27.4 Å². The molecule has 30 heavy (non-hydrogen) atoms. The van der Waals surface area contributed by atoms with Crippen LogP contribution in [0.3, 0.4) is 0 Å². The van der Waals surface area contributed by atoms with Crippen molar-refractivity contribution in [3.05, 3.63) is 51.0 Å². The second-order valence-electron chi connectivity index (χ2n) is 6.01. The van der Waals surface area contributed by atoms with E-state index in [1.807, 2.05) is 0 Å². The van der Waals surface area contributed by atoms with E-state index in [9.17, 15) is 18.0 Å². The summed E-state index contributed by atoms with van der Waals surface area (Å²) in [7, 11) is 2.53. The van der Waals surface area contributed by atoms with Gasteiger partial charge in [-0.05, 0) is 29.8 Å². The largest absolute Gasteiger partial charge is 0.494 e. The minimum atomic E-state index is -4.62. The number of hydrogen-bond donors (Lipinski definition) is 0. The molecule has 0 aliphatic carbocycles. The van der Waals surface area contributed by atoms with Crippen LogP contribution in [0.5, 0.6) is 5.75 Å². The number of rotatable bonds is 5. The lowest BCUT2D eigenvalue weighted by Gasteiger charge is -2.11. The predicted molar refractivity (Wildman–Crippen MR) is 103 cm³/mol.